The van der Waals surface area contributed by atoms with Crippen molar-refractivity contribution in [2.75, 3.05) is 20.6 Å². The third kappa shape index (κ3) is 6.11. The van der Waals surface area contributed by atoms with E-state index in [1.54, 1.807) is 0 Å². The number of aliphatic imine (C=N–C) groups is 1. The second-order valence-corrected chi connectivity index (χ2v) is 5.46. The lowest BCUT2D eigenvalue weighted by Gasteiger charge is -2.16. The zero-order valence-electron chi connectivity index (χ0n) is 12.3. The van der Waals surface area contributed by atoms with Crippen LogP contribution in [-0.4, -0.2) is 31.4 Å². The molecule has 0 atom stereocenters. The van der Waals surface area contributed by atoms with Crippen LogP contribution < -0.4 is 0 Å². The van der Waals surface area contributed by atoms with Gasteiger partial charge in [-0.25, -0.2) is 0 Å². The highest BCUT2D eigenvalue weighted by Gasteiger charge is 2.05. The van der Waals surface area contributed by atoms with Crippen LogP contribution in [0.25, 0.3) is 0 Å². The van der Waals surface area contributed by atoms with E-state index in [1.807, 2.05) is 38.4 Å². The Morgan fingerprint density at radius 3 is 2.26 bits per heavy atom. The van der Waals surface area contributed by atoms with Crippen molar-refractivity contribution >= 4 is 17.4 Å². The zero-order valence-corrected chi connectivity index (χ0v) is 13.1. The molecule has 0 heterocycles. The minimum absolute atomic E-state index is 0.765. The lowest BCUT2D eigenvalue weighted by Crippen LogP contribution is -2.23. The second-order valence-electron chi connectivity index (χ2n) is 5.02. The Morgan fingerprint density at radius 2 is 1.68 bits per heavy atom. The molecular weight excluding hydrogens is 256 g/mol. The molecule has 0 amide bonds. The van der Waals surface area contributed by atoms with Crippen LogP contribution in [0.2, 0.25) is 5.02 Å². The van der Waals surface area contributed by atoms with Crippen LogP contribution in [0.1, 0.15) is 44.6 Å². The van der Waals surface area contributed by atoms with E-state index in [9.17, 15) is 0 Å². The van der Waals surface area contributed by atoms with E-state index in [2.05, 4.69) is 11.8 Å². The van der Waals surface area contributed by atoms with Gasteiger partial charge in [-0.2, -0.15) is 0 Å². The molecule has 2 nitrogen and oxygen atoms in total. The van der Waals surface area contributed by atoms with E-state index in [1.165, 1.54) is 32.1 Å². The Balaban J connectivity index is 2.55. The Morgan fingerprint density at radius 1 is 1.05 bits per heavy atom. The number of hydrogen-bond acceptors (Lipinski definition) is 1. The minimum atomic E-state index is 0.765. The first-order valence-corrected chi connectivity index (χ1v) is 7.50. The van der Waals surface area contributed by atoms with Crippen LogP contribution in [0.3, 0.4) is 0 Å². The van der Waals surface area contributed by atoms with Crippen LogP contribution in [0.4, 0.5) is 0 Å². The summed E-state index contributed by atoms with van der Waals surface area (Å²) >= 11 is 5.92. The average molecular weight is 281 g/mol. The number of amidine groups is 1. The average Bonchev–Trinajstić information content (AvgIpc) is 2.39. The van der Waals surface area contributed by atoms with Crippen LogP contribution in [0.15, 0.2) is 29.3 Å². The zero-order chi connectivity index (χ0) is 14.1. The topological polar surface area (TPSA) is 15.6 Å². The summed E-state index contributed by atoms with van der Waals surface area (Å²) < 4.78 is 0. The molecule has 1 aromatic carbocycles. The molecule has 0 aromatic heterocycles. The van der Waals surface area contributed by atoms with Gasteiger partial charge in [-0.1, -0.05) is 44.2 Å². The molecule has 0 saturated heterocycles. The number of nitrogens with zero attached hydrogens (tertiary/aromatic N) is 2. The molecule has 1 aromatic rings. The monoisotopic (exact) mass is 280 g/mol. The SMILES string of the molecule is CCCCCCCN=C(c1ccc(Cl)cc1)N(C)C. The first kappa shape index (κ1) is 16.0. The van der Waals surface area contributed by atoms with Crippen molar-refractivity contribution in [3.05, 3.63) is 34.9 Å². The van der Waals surface area contributed by atoms with Gasteiger partial charge in [0.1, 0.15) is 5.84 Å². The molecule has 0 N–H and O–H groups in total. The largest absolute Gasteiger partial charge is 0.363 e. The van der Waals surface area contributed by atoms with Crippen molar-refractivity contribution < 1.29 is 0 Å². The molecule has 1 rings (SSSR count). The quantitative estimate of drug-likeness (QED) is 0.404. The van der Waals surface area contributed by atoms with Crippen molar-refractivity contribution in [2.45, 2.75) is 39.0 Å². The summed E-state index contributed by atoms with van der Waals surface area (Å²) in [6.07, 6.45) is 6.40. The van der Waals surface area contributed by atoms with E-state index in [-0.39, 0.29) is 0 Å². The standard InChI is InChI=1S/C16H25ClN2/c1-4-5-6-7-8-13-18-16(19(2)3)14-9-11-15(17)12-10-14/h9-12H,4-8,13H2,1-3H3. The van der Waals surface area contributed by atoms with E-state index in [0.717, 1.165) is 23.0 Å². The Bertz CT molecular complexity index is 382. The Labute approximate surface area is 122 Å². The van der Waals surface area contributed by atoms with Gasteiger partial charge in [0, 0.05) is 31.2 Å². The first-order chi connectivity index (χ1) is 9.15. The molecule has 0 spiro atoms. The molecule has 106 valence electrons. The van der Waals surface area contributed by atoms with E-state index < -0.39 is 0 Å². The van der Waals surface area contributed by atoms with Gasteiger partial charge < -0.3 is 4.90 Å². The van der Waals surface area contributed by atoms with Gasteiger partial charge in [-0.3, -0.25) is 4.99 Å². The molecule has 0 aliphatic rings. The van der Waals surface area contributed by atoms with Gasteiger partial charge in [0.05, 0.1) is 0 Å². The van der Waals surface area contributed by atoms with Gasteiger partial charge in [0.15, 0.2) is 0 Å². The van der Waals surface area contributed by atoms with Crippen molar-refractivity contribution in [2.24, 2.45) is 4.99 Å². The highest BCUT2D eigenvalue weighted by Crippen LogP contribution is 2.12. The van der Waals surface area contributed by atoms with Crippen molar-refractivity contribution in [3.8, 4) is 0 Å². The first-order valence-electron chi connectivity index (χ1n) is 7.13. The lowest BCUT2D eigenvalue weighted by molar-refractivity contribution is 0.607. The highest BCUT2D eigenvalue weighted by atomic mass is 35.5. The lowest BCUT2D eigenvalue weighted by atomic mass is 10.1. The number of benzene rings is 1. The fourth-order valence-corrected chi connectivity index (χ4v) is 2.12. The maximum atomic E-state index is 5.92. The van der Waals surface area contributed by atoms with Crippen molar-refractivity contribution in [3.63, 3.8) is 0 Å². The summed E-state index contributed by atoms with van der Waals surface area (Å²) in [5.74, 6) is 1.03. The minimum Gasteiger partial charge on any atom is -0.363 e. The molecule has 0 aliphatic heterocycles. The molecule has 0 fully saturated rings. The summed E-state index contributed by atoms with van der Waals surface area (Å²) in [5.41, 5.74) is 1.13. The molecule has 0 bridgehead atoms. The van der Waals surface area contributed by atoms with Crippen LogP contribution in [0, 0.1) is 0 Å². The van der Waals surface area contributed by atoms with Crippen LogP contribution in [0.5, 0.6) is 0 Å². The maximum Gasteiger partial charge on any atom is 0.130 e. The third-order valence-electron chi connectivity index (χ3n) is 3.05. The van der Waals surface area contributed by atoms with E-state index in [4.69, 9.17) is 16.6 Å². The smallest absolute Gasteiger partial charge is 0.130 e. The summed E-state index contributed by atoms with van der Waals surface area (Å²) in [6, 6.07) is 7.88. The summed E-state index contributed by atoms with van der Waals surface area (Å²) in [4.78, 5) is 6.79. The van der Waals surface area contributed by atoms with E-state index >= 15 is 0 Å². The van der Waals surface area contributed by atoms with Crippen LogP contribution >= 0.6 is 11.6 Å². The molecule has 0 aliphatic carbocycles. The van der Waals surface area contributed by atoms with Gasteiger partial charge in [-0.15, -0.1) is 0 Å². The number of halogens is 1. The van der Waals surface area contributed by atoms with Crippen molar-refractivity contribution in [1.29, 1.82) is 0 Å². The second kappa shape index (κ2) is 8.98. The fraction of sp³-hybridized carbons (Fsp3) is 0.562. The predicted molar refractivity (Wildman–Crippen MR) is 85.3 cm³/mol. The summed E-state index contributed by atoms with van der Waals surface area (Å²) in [5, 5.41) is 0.765. The van der Waals surface area contributed by atoms with Crippen LogP contribution in [-0.2, 0) is 0 Å². The summed E-state index contributed by atoms with van der Waals surface area (Å²) in [7, 11) is 4.06. The Kier molecular flexibility index (Phi) is 7.57. The molecule has 19 heavy (non-hydrogen) atoms. The highest BCUT2D eigenvalue weighted by molar-refractivity contribution is 6.30. The summed E-state index contributed by atoms with van der Waals surface area (Å²) in [6.45, 7) is 3.14. The third-order valence-corrected chi connectivity index (χ3v) is 3.30. The molecule has 3 heteroatoms. The Hall–Kier alpha value is -1.02. The normalized spacial score (nSPS) is 11.7. The number of rotatable bonds is 7. The maximum absolute atomic E-state index is 5.92. The van der Waals surface area contributed by atoms with Gasteiger partial charge in [-0.05, 0) is 30.7 Å². The van der Waals surface area contributed by atoms with E-state index in [0.29, 0.717) is 0 Å². The molecule has 0 saturated carbocycles. The fourth-order valence-electron chi connectivity index (χ4n) is 1.99. The number of hydrogen-bond donors (Lipinski definition) is 0. The number of unbranched alkanes of at least 4 members (excludes halogenated alkanes) is 4. The van der Waals surface area contributed by atoms with Gasteiger partial charge in [0.25, 0.3) is 0 Å². The van der Waals surface area contributed by atoms with Crippen molar-refractivity contribution in [1.82, 2.24) is 4.90 Å². The van der Waals surface area contributed by atoms with Gasteiger partial charge in [0.2, 0.25) is 0 Å². The van der Waals surface area contributed by atoms with Gasteiger partial charge >= 0.3 is 0 Å². The predicted octanol–water partition coefficient (Wildman–Crippen LogP) is 4.62. The molecule has 0 unspecified atom stereocenters. The molecular formula is C16H25ClN2. The molecule has 0 radical (unpaired) electrons.